The summed E-state index contributed by atoms with van der Waals surface area (Å²) < 4.78 is 10.5. The molecule has 1 amide bonds. The molecule has 0 heterocycles. The molecule has 0 bridgehead atoms. The first-order valence-electron chi connectivity index (χ1n) is 7.51. The first kappa shape index (κ1) is 18.2. The van der Waals surface area contributed by atoms with E-state index < -0.39 is 11.7 Å². The molecule has 0 unspecified atom stereocenters. The SMILES string of the molecule is COc1ccc(-c2ccc(NC(=O)OC(C)(C)C)cc2)c([CH]=[Ni])c1. The van der Waals surface area contributed by atoms with E-state index in [4.69, 9.17) is 24.5 Å². The molecule has 0 aliphatic heterocycles. The maximum atomic E-state index is 11.8. The van der Waals surface area contributed by atoms with E-state index in [1.165, 1.54) is 0 Å². The molecule has 24 heavy (non-hydrogen) atoms. The van der Waals surface area contributed by atoms with E-state index in [1.54, 1.807) is 12.1 Å². The Morgan fingerprint density at radius 3 is 2.33 bits per heavy atom. The van der Waals surface area contributed by atoms with E-state index in [0.717, 1.165) is 22.4 Å². The van der Waals surface area contributed by atoms with Crippen molar-refractivity contribution in [2.24, 2.45) is 0 Å². The number of nitrogens with one attached hydrogen (secondary N) is 1. The van der Waals surface area contributed by atoms with Crippen molar-refractivity contribution < 1.29 is 29.3 Å². The quantitative estimate of drug-likeness (QED) is 0.812. The molecule has 2 rings (SSSR count). The Bertz CT molecular complexity index is 733. The van der Waals surface area contributed by atoms with Crippen molar-refractivity contribution >= 4 is 16.8 Å². The molecule has 1 N–H and O–H groups in total. The van der Waals surface area contributed by atoms with Crippen LogP contribution in [0.3, 0.4) is 0 Å². The Labute approximate surface area is 150 Å². The predicted molar refractivity (Wildman–Crippen MR) is 93.5 cm³/mol. The summed E-state index contributed by atoms with van der Waals surface area (Å²) in [4.78, 5) is 13.5. The van der Waals surface area contributed by atoms with Gasteiger partial charge in [-0.2, -0.15) is 0 Å². The zero-order valence-electron chi connectivity index (χ0n) is 14.2. The number of amides is 1. The fourth-order valence-corrected chi connectivity index (χ4v) is 2.40. The molecule has 0 saturated heterocycles. The summed E-state index contributed by atoms with van der Waals surface area (Å²) in [5.41, 5.74) is 3.11. The van der Waals surface area contributed by atoms with E-state index in [9.17, 15) is 4.79 Å². The zero-order chi connectivity index (χ0) is 17.7. The summed E-state index contributed by atoms with van der Waals surface area (Å²) in [7, 11) is 1.63. The molecule has 5 heteroatoms. The summed E-state index contributed by atoms with van der Waals surface area (Å²) in [6.07, 6.45) is -0.471. The minimum absolute atomic E-state index is 0.471. The molecule has 2 aromatic rings. The van der Waals surface area contributed by atoms with Gasteiger partial charge in [0.25, 0.3) is 0 Å². The van der Waals surface area contributed by atoms with Crippen LogP contribution in [-0.2, 0) is 19.8 Å². The standard InChI is InChI=1S/C19H21NO3.Ni/c1-13-12-16(22-5)10-11-17(13)14-6-8-15(9-7-14)20-18(21)23-19(2,3)4;/h1,6-12H,2-5H3,(H,20,21);. The number of hydrogen-bond acceptors (Lipinski definition) is 3. The van der Waals surface area contributed by atoms with Crippen molar-refractivity contribution in [3.8, 4) is 16.9 Å². The van der Waals surface area contributed by atoms with E-state index in [1.807, 2.05) is 63.2 Å². The van der Waals surface area contributed by atoms with Crippen LogP contribution in [0.4, 0.5) is 10.5 Å². The average Bonchev–Trinajstić information content (AvgIpc) is 2.53. The van der Waals surface area contributed by atoms with Crippen molar-refractivity contribution in [3.63, 3.8) is 0 Å². The maximum absolute atomic E-state index is 11.8. The third-order valence-corrected chi connectivity index (χ3v) is 3.51. The minimum atomic E-state index is -0.525. The van der Waals surface area contributed by atoms with Crippen LogP contribution in [0.2, 0.25) is 0 Å². The van der Waals surface area contributed by atoms with Gasteiger partial charge < -0.3 is 0 Å². The summed E-state index contributed by atoms with van der Waals surface area (Å²) in [5, 5.41) is 2.72. The van der Waals surface area contributed by atoms with Gasteiger partial charge in [-0.05, 0) is 0 Å². The molecule has 0 aliphatic rings. The molecule has 0 radical (unpaired) electrons. The van der Waals surface area contributed by atoms with Crippen molar-refractivity contribution in [2.75, 3.05) is 12.4 Å². The number of carbonyl (C=O) groups is 1. The second-order valence-corrected chi connectivity index (χ2v) is 6.53. The van der Waals surface area contributed by atoms with Crippen molar-refractivity contribution in [1.29, 1.82) is 0 Å². The molecule has 0 aliphatic carbocycles. The van der Waals surface area contributed by atoms with E-state index in [2.05, 4.69) is 5.32 Å². The van der Waals surface area contributed by atoms with Gasteiger partial charge >= 0.3 is 150 Å². The van der Waals surface area contributed by atoms with Gasteiger partial charge in [0, 0.05) is 0 Å². The van der Waals surface area contributed by atoms with Crippen LogP contribution in [-0.4, -0.2) is 23.8 Å². The van der Waals surface area contributed by atoms with Crippen molar-refractivity contribution in [2.45, 2.75) is 26.4 Å². The van der Waals surface area contributed by atoms with Gasteiger partial charge in [0.2, 0.25) is 0 Å². The zero-order valence-corrected chi connectivity index (χ0v) is 15.1. The van der Waals surface area contributed by atoms with Crippen LogP contribution >= 0.6 is 0 Å². The topological polar surface area (TPSA) is 47.6 Å². The summed E-state index contributed by atoms with van der Waals surface area (Å²) in [6.45, 7) is 5.48. The molecule has 0 atom stereocenters. The van der Waals surface area contributed by atoms with Crippen LogP contribution in [0.25, 0.3) is 11.1 Å². The first-order valence-corrected chi connectivity index (χ1v) is 8.08. The van der Waals surface area contributed by atoms with Crippen LogP contribution in [0.1, 0.15) is 26.3 Å². The Hall–Kier alpha value is -2.13. The third kappa shape index (κ3) is 4.94. The number of carbonyl (C=O) groups excluding carboxylic acids is 1. The van der Waals surface area contributed by atoms with Crippen LogP contribution in [0, 0.1) is 0 Å². The van der Waals surface area contributed by atoms with Crippen molar-refractivity contribution in [1.82, 2.24) is 0 Å². The van der Waals surface area contributed by atoms with E-state index >= 15 is 0 Å². The molecular weight excluding hydrogens is 349 g/mol. The third-order valence-electron chi connectivity index (χ3n) is 3.20. The summed E-state index contributed by atoms with van der Waals surface area (Å²) in [5.74, 6) is 0.769. The van der Waals surface area contributed by atoms with Gasteiger partial charge in [-0.3, -0.25) is 0 Å². The van der Waals surface area contributed by atoms with Gasteiger partial charge in [-0.1, -0.05) is 0 Å². The Kier molecular flexibility index (Phi) is 5.79. The number of rotatable bonds is 4. The fraction of sp³-hybridized carbons (Fsp3) is 0.263. The van der Waals surface area contributed by atoms with Gasteiger partial charge in [0.05, 0.1) is 0 Å². The number of hydrogen-bond donors (Lipinski definition) is 1. The molecule has 0 spiro atoms. The van der Waals surface area contributed by atoms with Crippen molar-refractivity contribution in [3.05, 3.63) is 48.0 Å². The molecule has 0 saturated carbocycles. The van der Waals surface area contributed by atoms with Crippen LogP contribution < -0.4 is 10.1 Å². The molecule has 4 nitrogen and oxygen atoms in total. The summed E-state index contributed by atoms with van der Waals surface area (Å²) in [6, 6.07) is 13.3. The molecule has 0 aromatic heterocycles. The Morgan fingerprint density at radius 2 is 1.79 bits per heavy atom. The molecular formula is C19H21NNiO3. The average molecular weight is 370 g/mol. The van der Waals surface area contributed by atoms with Gasteiger partial charge in [-0.15, -0.1) is 0 Å². The van der Waals surface area contributed by atoms with E-state index in [0.29, 0.717) is 5.69 Å². The number of methoxy groups -OCH3 is 1. The van der Waals surface area contributed by atoms with Gasteiger partial charge in [-0.25, -0.2) is 0 Å². The molecule has 130 valence electrons. The fourth-order valence-electron chi connectivity index (χ4n) is 2.16. The first-order chi connectivity index (χ1) is 11.3. The molecule has 0 fully saturated rings. The predicted octanol–water partition coefficient (Wildman–Crippen LogP) is 4.41. The second-order valence-electron chi connectivity index (χ2n) is 6.25. The van der Waals surface area contributed by atoms with Crippen LogP contribution in [0.15, 0.2) is 42.5 Å². The molecule has 2 aromatic carbocycles. The van der Waals surface area contributed by atoms with E-state index in [-0.39, 0.29) is 0 Å². The number of benzene rings is 2. The monoisotopic (exact) mass is 369 g/mol. The van der Waals surface area contributed by atoms with Crippen LogP contribution in [0.5, 0.6) is 5.75 Å². The number of anilines is 1. The Morgan fingerprint density at radius 1 is 1.12 bits per heavy atom. The second kappa shape index (κ2) is 7.63. The Balaban J connectivity index is 2.18. The normalized spacial score (nSPS) is 10.9. The van der Waals surface area contributed by atoms with Gasteiger partial charge in [0.1, 0.15) is 0 Å². The summed E-state index contributed by atoms with van der Waals surface area (Å²) >= 11 is 4.78. The number of ether oxygens (including phenoxy) is 2. The van der Waals surface area contributed by atoms with Gasteiger partial charge in [0.15, 0.2) is 0 Å².